The Labute approximate surface area is 125 Å². The first-order valence-electron chi connectivity index (χ1n) is 6.01. The molecule has 7 heteroatoms. The second-order valence-electron chi connectivity index (χ2n) is 4.27. The van der Waals surface area contributed by atoms with E-state index in [2.05, 4.69) is 9.69 Å². The van der Waals surface area contributed by atoms with E-state index in [0.717, 1.165) is 17.1 Å². The second-order valence-corrected chi connectivity index (χ2v) is 5.04. The normalized spacial score (nSPS) is 10.7. The van der Waals surface area contributed by atoms with Crippen LogP contribution in [0.15, 0.2) is 30.3 Å². The zero-order chi connectivity index (χ0) is 15.4. The molecule has 1 aromatic carbocycles. The summed E-state index contributed by atoms with van der Waals surface area (Å²) in [5.74, 6) is -1.53. The van der Waals surface area contributed by atoms with Crippen LogP contribution < -0.4 is 11.1 Å². The minimum atomic E-state index is -1.11. The lowest BCUT2D eigenvalue weighted by molar-refractivity contribution is -0.111. The van der Waals surface area contributed by atoms with Crippen molar-refractivity contribution in [3.8, 4) is 0 Å². The van der Waals surface area contributed by atoms with Crippen molar-refractivity contribution in [1.29, 1.82) is 0 Å². The van der Waals surface area contributed by atoms with Gasteiger partial charge in [0.05, 0.1) is 5.69 Å². The van der Waals surface area contributed by atoms with Crippen molar-refractivity contribution in [1.82, 2.24) is 4.37 Å². The van der Waals surface area contributed by atoms with Crippen LogP contribution in [-0.4, -0.2) is 21.4 Å². The summed E-state index contributed by atoms with van der Waals surface area (Å²) in [4.78, 5) is 22.9. The Morgan fingerprint density at radius 1 is 1.33 bits per heavy atom. The summed E-state index contributed by atoms with van der Waals surface area (Å²) in [5.41, 5.74) is 7.43. The minimum Gasteiger partial charge on any atom is -0.478 e. The van der Waals surface area contributed by atoms with Crippen molar-refractivity contribution in [2.45, 2.75) is 6.92 Å². The number of benzene rings is 1. The molecule has 0 fully saturated rings. The Morgan fingerprint density at radius 3 is 2.62 bits per heavy atom. The summed E-state index contributed by atoms with van der Waals surface area (Å²) in [6.07, 6.45) is 2.94. The fraction of sp³-hybridized carbons (Fsp3) is 0.0714. The highest BCUT2D eigenvalue weighted by Crippen LogP contribution is 2.24. The number of carbonyl (C=O) groups is 2. The first kappa shape index (κ1) is 14.7. The molecule has 21 heavy (non-hydrogen) atoms. The molecule has 4 N–H and O–H groups in total. The van der Waals surface area contributed by atoms with Crippen LogP contribution in [0.1, 0.15) is 21.6 Å². The molecule has 0 radical (unpaired) electrons. The van der Waals surface area contributed by atoms with E-state index in [-0.39, 0.29) is 10.6 Å². The van der Waals surface area contributed by atoms with E-state index in [9.17, 15) is 9.59 Å². The van der Waals surface area contributed by atoms with Gasteiger partial charge in [-0.15, -0.1) is 0 Å². The van der Waals surface area contributed by atoms with Crippen molar-refractivity contribution in [3.05, 3.63) is 47.2 Å². The molecule has 0 spiro atoms. The van der Waals surface area contributed by atoms with Gasteiger partial charge in [0.25, 0.3) is 0 Å². The molecule has 108 valence electrons. The molecule has 0 unspecified atom stereocenters. The number of rotatable bonds is 4. The lowest BCUT2D eigenvalue weighted by Crippen LogP contribution is -2.10. The molecule has 0 aliphatic rings. The highest BCUT2D eigenvalue weighted by atomic mass is 32.1. The number of hydrogen-bond acceptors (Lipinski definition) is 5. The van der Waals surface area contributed by atoms with Gasteiger partial charge in [0.1, 0.15) is 10.6 Å². The van der Waals surface area contributed by atoms with Crippen LogP contribution in [0.4, 0.5) is 10.7 Å². The van der Waals surface area contributed by atoms with E-state index in [1.54, 1.807) is 37.3 Å². The van der Waals surface area contributed by atoms with Gasteiger partial charge in [-0.1, -0.05) is 12.1 Å². The summed E-state index contributed by atoms with van der Waals surface area (Å²) < 4.78 is 3.93. The number of nitrogens with two attached hydrogens (primary N) is 1. The van der Waals surface area contributed by atoms with E-state index in [1.807, 2.05) is 0 Å². The van der Waals surface area contributed by atoms with Gasteiger partial charge in [-0.05, 0) is 42.2 Å². The molecular formula is C14H13N3O3S. The van der Waals surface area contributed by atoms with Crippen LogP contribution >= 0.6 is 11.5 Å². The van der Waals surface area contributed by atoms with Crippen LogP contribution in [0.5, 0.6) is 0 Å². The van der Waals surface area contributed by atoms with Gasteiger partial charge in [0.15, 0.2) is 0 Å². The highest BCUT2D eigenvalue weighted by Gasteiger charge is 2.18. The lowest BCUT2D eigenvalue weighted by atomic mass is 10.2. The molecule has 1 amide bonds. The maximum Gasteiger partial charge on any atom is 0.340 e. The number of nitrogens with one attached hydrogen (secondary N) is 1. The average Bonchev–Trinajstić information content (AvgIpc) is 2.79. The largest absolute Gasteiger partial charge is 0.478 e. The second kappa shape index (κ2) is 6.19. The Bertz CT molecular complexity index is 705. The van der Waals surface area contributed by atoms with Crippen molar-refractivity contribution >= 4 is 40.2 Å². The third-order valence-corrected chi connectivity index (χ3v) is 3.53. The van der Waals surface area contributed by atoms with Crippen molar-refractivity contribution in [2.24, 2.45) is 0 Å². The van der Waals surface area contributed by atoms with Crippen LogP contribution in [-0.2, 0) is 4.79 Å². The number of hydrogen-bond donors (Lipinski definition) is 3. The summed E-state index contributed by atoms with van der Waals surface area (Å²) >= 11 is 0.943. The summed E-state index contributed by atoms with van der Waals surface area (Å²) in [7, 11) is 0. The fourth-order valence-corrected chi connectivity index (χ4v) is 2.43. The maximum atomic E-state index is 11.8. The summed E-state index contributed by atoms with van der Waals surface area (Å²) in [5, 5.41) is 11.8. The van der Waals surface area contributed by atoms with E-state index in [0.29, 0.717) is 11.4 Å². The van der Waals surface area contributed by atoms with Crippen molar-refractivity contribution in [2.75, 3.05) is 11.1 Å². The van der Waals surface area contributed by atoms with E-state index in [4.69, 9.17) is 10.8 Å². The number of anilines is 2. The van der Waals surface area contributed by atoms with Crippen LogP contribution in [0.3, 0.4) is 0 Å². The van der Waals surface area contributed by atoms with Crippen LogP contribution in [0.2, 0.25) is 0 Å². The number of nitrogen functional groups attached to an aromatic ring is 1. The maximum absolute atomic E-state index is 11.8. The number of aromatic carboxylic acids is 1. The topological polar surface area (TPSA) is 105 Å². The molecule has 2 aromatic rings. The summed E-state index contributed by atoms with van der Waals surface area (Å²) in [6, 6.07) is 7.01. The molecule has 0 aliphatic heterocycles. The zero-order valence-electron chi connectivity index (χ0n) is 11.2. The summed E-state index contributed by atoms with van der Waals surface area (Å²) in [6.45, 7) is 1.58. The lowest BCUT2D eigenvalue weighted by Gasteiger charge is -2.00. The number of nitrogens with zero attached hydrogens (tertiary/aromatic N) is 1. The Balaban J connectivity index is 2.08. The number of carboxylic acids is 1. The predicted octanol–water partition coefficient (Wildman–Crippen LogP) is 2.38. The third-order valence-electron chi connectivity index (χ3n) is 2.68. The van der Waals surface area contributed by atoms with Crippen molar-refractivity contribution < 1.29 is 14.7 Å². The van der Waals surface area contributed by atoms with E-state index >= 15 is 0 Å². The molecule has 0 saturated heterocycles. The minimum absolute atomic E-state index is 0.0224. The predicted molar refractivity (Wildman–Crippen MR) is 82.3 cm³/mol. The quantitative estimate of drug-likeness (QED) is 0.594. The number of amides is 1. The number of carbonyl (C=O) groups excluding carboxylic acids is 1. The average molecular weight is 303 g/mol. The molecule has 0 aliphatic carbocycles. The van der Waals surface area contributed by atoms with E-state index < -0.39 is 11.9 Å². The number of carboxylic acid groups (broad SMARTS) is 1. The molecule has 0 atom stereocenters. The van der Waals surface area contributed by atoms with Gasteiger partial charge in [0.2, 0.25) is 5.91 Å². The first-order valence-corrected chi connectivity index (χ1v) is 6.79. The zero-order valence-corrected chi connectivity index (χ0v) is 12.0. The fourth-order valence-electron chi connectivity index (χ4n) is 1.64. The smallest absolute Gasteiger partial charge is 0.340 e. The van der Waals surface area contributed by atoms with Gasteiger partial charge in [-0.2, -0.15) is 4.37 Å². The molecule has 0 bridgehead atoms. The Morgan fingerprint density at radius 2 is 2.00 bits per heavy atom. The van der Waals surface area contributed by atoms with Crippen LogP contribution in [0.25, 0.3) is 6.08 Å². The Hall–Kier alpha value is -2.67. The number of aryl methyl sites for hydroxylation is 1. The Kier molecular flexibility index (Phi) is 4.34. The van der Waals surface area contributed by atoms with Crippen LogP contribution in [0, 0.1) is 6.92 Å². The van der Waals surface area contributed by atoms with Gasteiger partial charge in [0, 0.05) is 11.8 Å². The van der Waals surface area contributed by atoms with Gasteiger partial charge < -0.3 is 16.2 Å². The molecule has 1 heterocycles. The third kappa shape index (κ3) is 3.67. The van der Waals surface area contributed by atoms with Crippen molar-refractivity contribution in [3.63, 3.8) is 0 Å². The van der Waals surface area contributed by atoms with Gasteiger partial charge in [-0.25, -0.2) is 4.79 Å². The highest BCUT2D eigenvalue weighted by molar-refractivity contribution is 7.11. The number of aromatic nitrogens is 1. The standard InChI is InChI=1S/C14H13N3O3S/c1-8-12(14(19)20)13(21-17-8)16-11(18)7-4-9-2-5-10(15)6-3-9/h2-7H,15H2,1H3,(H,16,18)(H,19,20)/b7-4+. The van der Waals surface area contributed by atoms with E-state index in [1.165, 1.54) is 6.08 Å². The monoisotopic (exact) mass is 303 g/mol. The molecule has 6 nitrogen and oxygen atoms in total. The molecule has 2 rings (SSSR count). The molecule has 0 saturated carbocycles. The molecule has 1 aromatic heterocycles. The van der Waals surface area contributed by atoms with Gasteiger partial charge in [-0.3, -0.25) is 4.79 Å². The first-order chi connectivity index (χ1) is 9.97. The van der Waals surface area contributed by atoms with Gasteiger partial charge >= 0.3 is 5.97 Å². The SMILES string of the molecule is Cc1nsc(NC(=O)/C=C/c2ccc(N)cc2)c1C(=O)O. The molecular weight excluding hydrogens is 290 g/mol.